The summed E-state index contributed by atoms with van der Waals surface area (Å²) in [5, 5.41) is 6.04. The molecule has 0 aliphatic heterocycles. The average molecular weight is 433 g/mol. The molecule has 1 amide bonds. The van der Waals surface area contributed by atoms with Crippen LogP contribution in [0.2, 0.25) is 0 Å². The number of methoxy groups -OCH3 is 1. The molecule has 0 spiro atoms. The van der Waals surface area contributed by atoms with Crippen LogP contribution in [0.25, 0.3) is 22.6 Å². The summed E-state index contributed by atoms with van der Waals surface area (Å²) >= 11 is 0. The van der Waals surface area contributed by atoms with Gasteiger partial charge in [0.2, 0.25) is 5.91 Å². The van der Waals surface area contributed by atoms with Crippen molar-refractivity contribution < 1.29 is 18.4 Å². The molecule has 0 radical (unpaired) electrons. The number of aromatic nitrogens is 2. The van der Waals surface area contributed by atoms with Gasteiger partial charge in [-0.1, -0.05) is 12.1 Å². The van der Waals surface area contributed by atoms with Gasteiger partial charge in [-0.3, -0.25) is 4.79 Å². The SMILES string of the molecule is COc1cc(Nc2ncc(-c3ccccc3NC(=O)CN(C)C)o2)ccc1-c1cnco1. The molecule has 9 nitrogen and oxygen atoms in total. The first-order valence-corrected chi connectivity index (χ1v) is 9.87. The average Bonchev–Trinajstić information content (AvgIpc) is 3.46. The van der Waals surface area contributed by atoms with Gasteiger partial charge in [0.05, 0.1) is 37.3 Å². The number of hydrogen-bond donors (Lipinski definition) is 2. The lowest BCUT2D eigenvalue weighted by Crippen LogP contribution is -2.27. The van der Waals surface area contributed by atoms with E-state index in [4.69, 9.17) is 13.6 Å². The van der Waals surface area contributed by atoms with E-state index in [0.717, 1.165) is 16.8 Å². The quantitative estimate of drug-likeness (QED) is 0.425. The molecule has 0 aliphatic rings. The Labute approximate surface area is 185 Å². The minimum atomic E-state index is -0.112. The molecule has 0 bridgehead atoms. The van der Waals surface area contributed by atoms with Crippen LogP contribution >= 0.6 is 0 Å². The van der Waals surface area contributed by atoms with Crippen molar-refractivity contribution in [3.8, 4) is 28.4 Å². The summed E-state index contributed by atoms with van der Waals surface area (Å²) < 4.78 is 16.7. The maximum atomic E-state index is 12.2. The number of nitrogens with one attached hydrogen (secondary N) is 2. The molecule has 2 aromatic carbocycles. The fourth-order valence-corrected chi connectivity index (χ4v) is 3.19. The summed E-state index contributed by atoms with van der Waals surface area (Å²) in [5.74, 6) is 1.64. The molecule has 32 heavy (non-hydrogen) atoms. The number of oxazole rings is 2. The van der Waals surface area contributed by atoms with Crippen molar-refractivity contribution in [1.82, 2.24) is 14.9 Å². The Morgan fingerprint density at radius 3 is 2.69 bits per heavy atom. The van der Waals surface area contributed by atoms with Crippen molar-refractivity contribution in [3.63, 3.8) is 0 Å². The second-order valence-electron chi connectivity index (χ2n) is 7.27. The Hall–Kier alpha value is -4.11. The largest absolute Gasteiger partial charge is 0.496 e. The maximum absolute atomic E-state index is 12.2. The molecule has 0 saturated carbocycles. The van der Waals surface area contributed by atoms with E-state index in [1.807, 2.05) is 56.6 Å². The smallest absolute Gasteiger partial charge is 0.299 e. The number of rotatable bonds is 8. The number of carbonyl (C=O) groups is 1. The van der Waals surface area contributed by atoms with Gasteiger partial charge in [-0.25, -0.2) is 9.97 Å². The highest BCUT2D eigenvalue weighted by molar-refractivity contribution is 5.96. The lowest BCUT2D eigenvalue weighted by atomic mass is 10.1. The van der Waals surface area contributed by atoms with Gasteiger partial charge in [0.1, 0.15) is 5.75 Å². The zero-order chi connectivity index (χ0) is 22.5. The van der Waals surface area contributed by atoms with Crippen LogP contribution in [0.15, 0.2) is 70.1 Å². The summed E-state index contributed by atoms with van der Waals surface area (Å²) in [6.07, 6.45) is 4.61. The maximum Gasteiger partial charge on any atom is 0.299 e. The van der Waals surface area contributed by atoms with Crippen LogP contribution in [0.4, 0.5) is 17.4 Å². The van der Waals surface area contributed by atoms with Crippen LogP contribution < -0.4 is 15.4 Å². The van der Waals surface area contributed by atoms with Crippen LogP contribution in [0, 0.1) is 0 Å². The Balaban J connectivity index is 1.54. The van der Waals surface area contributed by atoms with Crippen LogP contribution in [0.3, 0.4) is 0 Å². The number of carbonyl (C=O) groups excluding carboxylic acids is 1. The lowest BCUT2D eigenvalue weighted by Gasteiger charge is -2.12. The van der Waals surface area contributed by atoms with E-state index in [1.165, 1.54) is 6.39 Å². The zero-order valence-electron chi connectivity index (χ0n) is 18.0. The van der Waals surface area contributed by atoms with Gasteiger partial charge in [-0.2, -0.15) is 0 Å². The predicted molar refractivity (Wildman–Crippen MR) is 121 cm³/mol. The molecular weight excluding hydrogens is 410 g/mol. The van der Waals surface area contributed by atoms with Crippen molar-refractivity contribution in [1.29, 1.82) is 0 Å². The molecule has 2 N–H and O–H groups in total. The van der Waals surface area contributed by atoms with E-state index in [9.17, 15) is 4.79 Å². The Morgan fingerprint density at radius 1 is 1.09 bits per heavy atom. The van der Waals surface area contributed by atoms with Gasteiger partial charge in [0.15, 0.2) is 17.9 Å². The number of benzene rings is 2. The number of nitrogens with zero attached hydrogens (tertiary/aromatic N) is 3. The van der Waals surface area contributed by atoms with Crippen LogP contribution in [0.5, 0.6) is 5.75 Å². The first kappa shape index (κ1) is 21.1. The number of hydrogen-bond acceptors (Lipinski definition) is 8. The van der Waals surface area contributed by atoms with Crippen LogP contribution in [-0.2, 0) is 4.79 Å². The summed E-state index contributed by atoms with van der Waals surface area (Å²) in [7, 11) is 5.27. The minimum absolute atomic E-state index is 0.112. The van der Waals surface area contributed by atoms with Gasteiger partial charge < -0.3 is 29.1 Å². The molecule has 164 valence electrons. The summed E-state index contributed by atoms with van der Waals surface area (Å²) in [5.41, 5.74) is 2.90. The fourth-order valence-electron chi connectivity index (χ4n) is 3.19. The monoisotopic (exact) mass is 433 g/mol. The molecule has 0 fully saturated rings. The second kappa shape index (κ2) is 9.36. The van der Waals surface area contributed by atoms with E-state index in [2.05, 4.69) is 20.6 Å². The number of amides is 1. The van der Waals surface area contributed by atoms with Gasteiger partial charge in [0.25, 0.3) is 6.01 Å². The third-order valence-electron chi connectivity index (χ3n) is 4.58. The summed E-state index contributed by atoms with van der Waals surface area (Å²) in [6, 6.07) is 13.3. The topological polar surface area (TPSA) is 106 Å². The molecule has 0 unspecified atom stereocenters. The molecular formula is C23H23N5O4. The number of para-hydroxylation sites is 1. The van der Waals surface area contributed by atoms with Crippen molar-refractivity contribution in [3.05, 3.63) is 61.3 Å². The second-order valence-corrected chi connectivity index (χ2v) is 7.27. The van der Waals surface area contributed by atoms with Gasteiger partial charge in [-0.05, 0) is 38.4 Å². The molecule has 4 aromatic rings. The Kier molecular flexibility index (Phi) is 6.18. The highest BCUT2D eigenvalue weighted by Crippen LogP contribution is 2.34. The molecule has 0 saturated heterocycles. The van der Waals surface area contributed by atoms with Crippen molar-refractivity contribution in [2.45, 2.75) is 0 Å². The fraction of sp³-hybridized carbons (Fsp3) is 0.174. The Bertz CT molecular complexity index is 1200. The van der Waals surface area contributed by atoms with E-state index in [1.54, 1.807) is 24.4 Å². The van der Waals surface area contributed by atoms with Gasteiger partial charge in [0, 0.05) is 17.3 Å². The van der Waals surface area contributed by atoms with Crippen molar-refractivity contribution >= 4 is 23.3 Å². The molecule has 9 heteroatoms. The number of anilines is 3. The molecule has 4 rings (SSSR count). The van der Waals surface area contributed by atoms with Gasteiger partial charge in [-0.15, -0.1) is 0 Å². The van der Waals surface area contributed by atoms with Gasteiger partial charge >= 0.3 is 0 Å². The van der Waals surface area contributed by atoms with Crippen molar-refractivity contribution in [2.24, 2.45) is 0 Å². The predicted octanol–water partition coefficient (Wildman–Crippen LogP) is 4.25. The van der Waals surface area contributed by atoms with E-state index < -0.39 is 0 Å². The molecule has 0 atom stereocenters. The third-order valence-corrected chi connectivity index (χ3v) is 4.58. The first-order valence-electron chi connectivity index (χ1n) is 9.87. The Morgan fingerprint density at radius 2 is 1.94 bits per heavy atom. The molecule has 2 heterocycles. The van der Waals surface area contributed by atoms with Crippen LogP contribution in [-0.4, -0.2) is 48.5 Å². The third kappa shape index (κ3) is 4.79. The number of likely N-dealkylation sites (N-methyl/N-ethyl adjacent to an activating group) is 1. The normalized spacial score (nSPS) is 10.9. The van der Waals surface area contributed by atoms with Crippen molar-refractivity contribution in [2.75, 3.05) is 38.4 Å². The first-order chi connectivity index (χ1) is 15.5. The standard InChI is InChI=1S/C23H23N5O4/c1-28(2)13-22(29)27-18-7-5-4-6-16(18)21-12-25-23(32-21)26-15-8-9-17(19(10-15)30-3)20-11-24-14-31-20/h4-12,14H,13H2,1-3H3,(H,25,26)(H,27,29). The minimum Gasteiger partial charge on any atom is -0.496 e. The summed E-state index contributed by atoms with van der Waals surface area (Å²) in [4.78, 5) is 22.3. The summed E-state index contributed by atoms with van der Waals surface area (Å²) in [6.45, 7) is 0.281. The number of ether oxygens (including phenoxy) is 1. The highest BCUT2D eigenvalue weighted by Gasteiger charge is 2.15. The highest BCUT2D eigenvalue weighted by atomic mass is 16.5. The van der Waals surface area contributed by atoms with E-state index >= 15 is 0 Å². The molecule has 2 aromatic heterocycles. The van der Waals surface area contributed by atoms with Crippen LogP contribution in [0.1, 0.15) is 0 Å². The van der Waals surface area contributed by atoms with E-state index in [-0.39, 0.29) is 12.5 Å². The molecule has 0 aliphatic carbocycles. The van der Waals surface area contributed by atoms with E-state index in [0.29, 0.717) is 29.0 Å². The lowest BCUT2D eigenvalue weighted by molar-refractivity contribution is -0.116. The zero-order valence-corrected chi connectivity index (χ0v) is 18.0.